The molecule has 0 fully saturated rings. The first kappa shape index (κ1) is 17.6. The van der Waals surface area contributed by atoms with Crippen molar-refractivity contribution in [3.63, 3.8) is 0 Å². The van der Waals surface area contributed by atoms with Crippen LogP contribution in [0.15, 0.2) is 35.2 Å². The maximum Gasteiger partial charge on any atom is 0.267 e. The Morgan fingerprint density at radius 3 is 2.61 bits per heavy atom. The van der Waals surface area contributed by atoms with Crippen LogP contribution >= 0.6 is 11.8 Å². The molecule has 1 amide bonds. The Hall–Kier alpha value is -1.72. The fourth-order valence-corrected chi connectivity index (χ4v) is 3.56. The summed E-state index contributed by atoms with van der Waals surface area (Å²) in [6.45, 7) is 6.10. The van der Waals surface area contributed by atoms with Crippen LogP contribution < -0.4 is 5.32 Å². The number of aromatic nitrogens is 1. The van der Waals surface area contributed by atoms with Gasteiger partial charge in [-0.05, 0) is 50.6 Å². The van der Waals surface area contributed by atoms with E-state index in [0.717, 1.165) is 29.0 Å². The molecular weight excluding hydrogens is 308 g/mol. The molecule has 3 N–H and O–H groups in total. The molecule has 1 atom stereocenters. The van der Waals surface area contributed by atoms with Crippen LogP contribution in [0.2, 0.25) is 0 Å². The molecule has 23 heavy (non-hydrogen) atoms. The van der Waals surface area contributed by atoms with E-state index in [4.69, 9.17) is 0 Å². The van der Waals surface area contributed by atoms with Gasteiger partial charge in [-0.2, -0.15) is 0 Å². The van der Waals surface area contributed by atoms with Crippen LogP contribution in [0.25, 0.3) is 0 Å². The molecule has 1 unspecified atom stereocenters. The highest BCUT2D eigenvalue weighted by Gasteiger charge is 2.19. The van der Waals surface area contributed by atoms with Crippen LogP contribution in [0.5, 0.6) is 0 Å². The fourth-order valence-electron chi connectivity index (χ4n) is 2.69. The molecule has 1 aromatic carbocycles. The highest BCUT2D eigenvalue weighted by molar-refractivity contribution is 7.99. The molecule has 1 heterocycles. The highest BCUT2D eigenvalue weighted by Crippen LogP contribution is 2.24. The van der Waals surface area contributed by atoms with Gasteiger partial charge in [-0.25, -0.2) is 0 Å². The minimum Gasteiger partial charge on any atom is -0.389 e. The van der Waals surface area contributed by atoms with Crippen molar-refractivity contribution in [2.24, 2.45) is 0 Å². The smallest absolute Gasteiger partial charge is 0.267 e. The molecule has 124 valence electrons. The maximum absolute atomic E-state index is 12.3. The van der Waals surface area contributed by atoms with Crippen LogP contribution in [-0.2, 0) is 0 Å². The van der Waals surface area contributed by atoms with Crippen LogP contribution in [0.1, 0.15) is 46.8 Å². The first-order valence-corrected chi connectivity index (χ1v) is 8.82. The van der Waals surface area contributed by atoms with Crippen molar-refractivity contribution in [3.8, 4) is 0 Å². The number of aliphatic hydroxyl groups is 1. The van der Waals surface area contributed by atoms with Gasteiger partial charge in [-0.1, -0.05) is 18.2 Å². The highest BCUT2D eigenvalue weighted by atomic mass is 32.2. The Morgan fingerprint density at radius 2 is 2.00 bits per heavy atom. The molecule has 0 saturated carbocycles. The van der Waals surface area contributed by atoms with Gasteiger partial charge in [0.2, 0.25) is 0 Å². The number of aromatic amines is 1. The number of hydrogen-bond donors (Lipinski definition) is 3. The Labute approximate surface area is 141 Å². The third-order valence-corrected chi connectivity index (χ3v) is 4.86. The maximum atomic E-state index is 12.3. The number of aryl methyl sites for hydroxylation is 1. The SMILES string of the molecule is Cc1[nH]c(C(=O)NCCCSc2ccccc2)c(C)c1C(C)O. The van der Waals surface area contributed by atoms with Crippen LogP contribution in [0, 0.1) is 13.8 Å². The average molecular weight is 332 g/mol. The molecule has 2 rings (SSSR count). The van der Waals surface area contributed by atoms with E-state index in [0.29, 0.717) is 12.2 Å². The molecule has 4 nitrogen and oxygen atoms in total. The number of amides is 1. The summed E-state index contributed by atoms with van der Waals surface area (Å²) in [4.78, 5) is 16.6. The van der Waals surface area contributed by atoms with Crippen molar-refractivity contribution in [2.45, 2.75) is 38.2 Å². The zero-order chi connectivity index (χ0) is 16.8. The summed E-state index contributed by atoms with van der Waals surface area (Å²) in [5, 5.41) is 12.7. The van der Waals surface area contributed by atoms with Gasteiger partial charge in [-0.15, -0.1) is 11.8 Å². The van der Waals surface area contributed by atoms with Gasteiger partial charge in [0.15, 0.2) is 0 Å². The van der Waals surface area contributed by atoms with Crippen molar-refractivity contribution < 1.29 is 9.90 Å². The minimum absolute atomic E-state index is 0.109. The van der Waals surface area contributed by atoms with E-state index in [-0.39, 0.29) is 5.91 Å². The first-order valence-electron chi connectivity index (χ1n) is 7.84. The molecule has 0 bridgehead atoms. The summed E-state index contributed by atoms with van der Waals surface area (Å²) in [6.07, 6.45) is 0.336. The lowest BCUT2D eigenvalue weighted by atomic mass is 10.1. The lowest BCUT2D eigenvalue weighted by Crippen LogP contribution is -2.25. The van der Waals surface area contributed by atoms with Crippen molar-refractivity contribution >= 4 is 17.7 Å². The first-order chi connectivity index (χ1) is 11.0. The molecule has 0 aliphatic heterocycles. The molecule has 2 aromatic rings. The van der Waals surface area contributed by atoms with Crippen molar-refractivity contribution in [2.75, 3.05) is 12.3 Å². The number of rotatable bonds is 7. The third-order valence-electron chi connectivity index (χ3n) is 3.76. The van der Waals surface area contributed by atoms with Gasteiger partial charge >= 0.3 is 0 Å². The molecular formula is C18H24N2O2S. The molecule has 0 spiro atoms. The van der Waals surface area contributed by atoms with Gasteiger partial charge < -0.3 is 15.4 Å². The molecule has 0 aliphatic carbocycles. The van der Waals surface area contributed by atoms with Gasteiger partial charge in [0.1, 0.15) is 5.69 Å². The number of carbonyl (C=O) groups is 1. The quantitative estimate of drug-likeness (QED) is 0.536. The van der Waals surface area contributed by atoms with Gasteiger partial charge in [-0.3, -0.25) is 4.79 Å². The number of aliphatic hydroxyl groups excluding tert-OH is 1. The molecule has 0 aliphatic rings. The number of H-pyrrole nitrogens is 1. The Morgan fingerprint density at radius 1 is 1.30 bits per heavy atom. The minimum atomic E-state index is -0.574. The average Bonchev–Trinajstić information content (AvgIpc) is 2.82. The molecule has 0 saturated heterocycles. The second-order valence-corrected chi connectivity index (χ2v) is 6.78. The van der Waals surface area contributed by atoms with E-state index in [1.807, 2.05) is 32.0 Å². The fraction of sp³-hybridized carbons (Fsp3) is 0.389. The summed E-state index contributed by atoms with van der Waals surface area (Å²) < 4.78 is 0. The van der Waals surface area contributed by atoms with Crippen molar-refractivity contribution in [3.05, 3.63) is 52.8 Å². The Kier molecular flexibility index (Phi) is 6.30. The monoisotopic (exact) mass is 332 g/mol. The summed E-state index contributed by atoms with van der Waals surface area (Å²) in [5.74, 6) is 0.855. The van der Waals surface area contributed by atoms with Crippen LogP contribution in [-0.4, -0.2) is 28.3 Å². The predicted octanol–water partition coefficient (Wildman–Crippen LogP) is 3.60. The summed E-state index contributed by atoms with van der Waals surface area (Å²) in [7, 11) is 0. The summed E-state index contributed by atoms with van der Waals surface area (Å²) >= 11 is 1.79. The van der Waals surface area contributed by atoms with E-state index >= 15 is 0 Å². The molecule has 5 heteroatoms. The zero-order valence-electron chi connectivity index (χ0n) is 13.8. The van der Waals surface area contributed by atoms with E-state index in [2.05, 4.69) is 22.4 Å². The number of nitrogens with one attached hydrogen (secondary N) is 2. The number of benzene rings is 1. The lowest BCUT2D eigenvalue weighted by molar-refractivity contribution is 0.0948. The number of hydrogen-bond acceptors (Lipinski definition) is 3. The summed E-state index contributed by atoms with van der Waals surface area (Å²) in [6, 6.07) is 10.2. The van der Waals surface area contributed by atoms with E-state index in [1.54, 1.807) is 18.7 Å². The van der Waals surface area contributed by atoms with Crippen LogP contribution in [0.3, 0.4) is 0 Å². The topological polar surface area (TPSA) is 65.1 Å². The second kappa shape index (κ2) is 8.22. The second-order valence-electron chi connectivity index (χ2n) is 5.61. The van der Waals surface area contributed by atoms with Crippen LogP contribution in [0.4, 0.5) is 0 Å². The number of carbonyl (C=O) groups excluding carboxylic acids is 1. The van der Waals surface area contributed by atoms with Gasteiger partial charge in [0, 0.05) is 22.7 Å². The normalized spacial score (nSPS) is 12.2. The van der Waals surface area contributed by atoms with Crippen molar-refractivity contribution in [1.82, 2.24) is 10.3 Å². The molecule has 0 radical (unpaired) electrons. The largest absolute Gasteiger partial charge is 0.389 e. The van der Waals surface area contributed by atoms with E-state index in [1.165, 1.54) is 4.90 Å². The third kappa shape index (κ3) is 4.62. The van der Waals surface area contributed by atoms with E-state index < -0.39 is 6.10 Å². The van der Waals surface area contributed by atoms with E-state index in [9.17, 15) is 9.90 Å². The molecule has 1 aromatic heterocycles. The number of thioether (sulfide) groups is 1. The Bertz CT molecular complexity index is 651. The van der Waals surface area contributed by atoms with Crippen molar-refractivity contribution in [1.29, 1.82) is 0 Å². The van der Waals surface area contributed by atoms with Gasteiger partial charge in [0.25, 0.3) is 5.91 Å². The summed E-state index contributed by atoms with van der Waals surface area (Å²) in [5.41, 5.74) is 3.04. The standard InChI is InChI=1S/C18H24N2O2S/c1-12-16(14(3)21)13(2)20-17(12)18(22)19-10-7-11-23-15-8-5-4-6-9-15/h4-6,8-9,14,20-21H,7,10-11H2,1-3H3,(H,19,22). The van der Waals surface area contributed by atoms with Gasteiger partial charge in [0.05, 0.1) is 6.10 Å². The predicted molar refractivity (Wildman–Crippen MR) is 95.0 cm³/mol. The zero-order valence-corrected chi connectivity index (χ0v) is 14.7. The lowest BCUT2D eigenvalue weighted by Gasteiger charge is -2.07. The Balaban J connectivity index is 1.80.